The van der Waals surface area contributed by atoms with Crippen molar-refractivity contribution in [2.24, 2.45) is 12.3 Å². The van der Waals surface area contributed by atoms with E-state index in [0.717, 1.165) is 4.68 Å². The van der Waals surface area contributed by atoms with Crippen molar-refractivity contribution < 1.29 is 0 Å². The molecule has 0 unspecified atom stereocenters. The van der Waals surface area contributed by atoms with E-state index in [1.165, 1.54) is 6.33 Å². The highest BCUT2D eigenvalue weighted by Crippen LogP contribution is 2.06. The van der Waals surface area contributed by atoms with Gasteiger partial charge >= 0.3 is 5.56 Å². The zero-order chi connectivity index (χ0) is 11.0. The summed E-state index contributed by atoms with van der Waals surface area (Å²) >= 11 is 0. The van der Waals surface area contributed by atoms with Gasteiger partial charge in [0.25, 0.3) is 0 Å². The van der Waals surface area contributed by atoms with E-state index < -0.39 is 5.56 Å². The van der Waals surface area contributed by atoms with E-state index in [0.29, 0.717) is 5.65 Å². The Morgan fingerprint density at radius 2 is 2.40 bits per heavy atom. The Labute approximate surface area is 83.0 Å². The van der Waals surface area contributed by atoms with Crippen LogP contribution in [0.25, 0.3) is 11.2 Å². The van der Waals surface area contributed by atoms with Crippen molar-refractivity contribution in [3.63, 3.8) is 0 Å². The molecule has 0 aliphatic carbocycles. The van der Waals surface area contributed by atoms with Crippen LogP contribution < -0.4 is 16.8 Å². The summed E-state index contributed by atoms with van der Waals surface area (Å²) in [5.74, 6) is 5.42. The number of aromatic nitrogens is 4. The van der Waals surface area contributed by atoms with E-state index >= 15 is 0 Å². The molecule has 15 heavy (non-hydrogen) atoms. The van der Waals surface area contributed by atoms with Crippen molar-refractivity contribution in [3.8, 4) is 0 Å². The quantitative estimate of drug-likeness (QED) is 0.338. The van der Waals surface area contributed by atoms with Gasteiger partial charge in [0.1, 0.15) is 0 Å². The van der Waals surface area contributed by atoms with Gasteiger partial charge in [0, 0.05) is 7.05 Å². The normalized spacial score (nSPS) is 10.5. The van der Waals surface area contributed by atoms with Gasteiger partial charge in [-0.25, -0.2) is 10.4 Å². The van der Waals surface area contributed by atoms with Crippen LogP contribution in [-0.4, -0.2) is 19.2 Å². The molecule has 9 heteroatoms. The molecule has 2 aromatic rings. The largest absolute Gasteiger partial charge is 0.333 e. The van der Waals surface area contributed by atoms with Crippen molar-refractivity contribution in [3.05, 3.63) is 16.7 Å². The highest BCUT2D eigenvalue weighted by molar-refractivity contribution is 5.70. The van der Waals surface area contributed by atoms with Crippen LogP contribution >= 0.6 is 0 Å². The van der Waals surface area contributed by atoms with Gasteiger partial charge in [-0.3, -0.25) is 4.79 Å². The number of nitrogen functional groups attached to an aromatic ring is 1. The number of hydrogen-bond donors (Lipinski definition) is 3. The second-order valence-electron chi connectivity index (χ2n) is 2.86. The summed E-state index contributed by atoms with van der Waals surface area (Å²) in [4.78, 5) is 19.5. The Morgan fingerprint density at radius 3 is 3.07 bits per heavy atom. The lowest BCUT2D eigenvalue weighted by atomic mass is 10.5. The molecule has 0 bridgehead atoms. The van der Waals surface area contributed by atoms with E-state index in [1.54, 1.807) is 11.6 Å². The maximum atomic E-state index is 11.6. The van der Waals surface area contributed by atoms with Gasteiger partial charge in [-0.1, -0.05) is 5.22 Å². The molecule has 78 valence electrons. The number of rotatable bonds is 2. The number of imidazole rings is 1. The molecule has 0 aromatic carbocycles. The van der Waals surface area contributed by atoms with Crippen molar-refractivity contribution in [2.75, 3.05) is 11.3 Å². The number of nitrogens with one attached hydrogen (secondary N) is 2. The van der Waals surface area contributed by atoms with Crippen molar-refractivity contribution in [1.29, 1.82) is 5.53 Å². The van der Waals surface area contributed by atoms with E-state index in [-0.39, 0.29) is 11.5 Å². The third-order valence-corrected chi connectivity index (χ3v) is 1.92. The average Bonchev–Trinajstić information content (AvgIpc) is 2.57. The molecule has 0 aliphatic heterocycles. The minimum Gasteiger partial charge on any atom is -0.333 e. The molecule has 2 heterocycles. The van der Waals surface area contributed by atoms with Crippen LogP contribution in [0.4, 0.5) is 5.95 Å². The number of fused-ring (bicyclic) bond motifs is 1. The van der Waals surface area contributed by atoms with E-state index in [2.05, 4.69) is 20.6 Å². The van der Waals surface area contributed by atoms with Gasteiger partial charge in [0.05, 0.1) is 6.33 Å². The predicted octanol–water partition coefficient (Wildman–Crippen LogP) is -0.798. The lowest BCUT2D eigenvalue weighted by molar-refractivity contribution is 0.870. The fraction of sp³-hybridized carbons (Fsp3) is 0.167. The Balaban J connectivity index is 2.84. The fourth-order valence-corrected chi connectivity index (χ4v) is 1.20. The summed E-state index contributed by atoms with van der Waals surface area (Å²) in [6, 6.07) is 0. The van der Waals surface area contributed by atoms with Gasteiger partial charge in [0.15, 0.2) is 11.2 Å². The molecule has 9 nitrogen and oxygen atoms in total. The summed E-state index contributed by atoms with van der Waals surface area (Å²) in [6.07, 6.45) is 1.46. The number of nitrogens with zero attached hydrogens (tertiary/aromatic N) is 5. The highest BCUT2D eigenvalue weighted by atomic mass is 16.1. The molecule has 2 rings (SSSR count). The Morgan fingerprint density at radius 1 is 1.67 bits per heavy atom. The third kappa shape index (κ3) is 1.21. The first-order valence-corrected chi connectivity index (χ1v) is 3.96. The first kappa shape index (κ1) is 9.12. The van der Waals surface area contributed by atoms with Gasteiger partial charge in [-0.15, -0.1) is 0 Å². The standard InChI is InChI=1S/C6H8N8O/c1-13-2-9-3-4(13)10-6(11-12-7)14(8)5(3)15/h2H,8H2,1H3,(H2,7,10,11). The Bertz CT molecular complexity index is 581. The monoisotopic (exact) mass is 208 g/mol. The molecular weight excluding hydrogens is 200 g/mol. The maximum absolute atomic E-state index is 11.6. The molecule has 0 spiro atoms. The Kier molecular flexibility index (Phi) is 1.85. The maximum Gasteiger partial charge on any atom is 0.301 e. The van der Waals surface area contributed by atoms with Crippen LogP contribution in [0, 0.1) is 5.53 Å². The summed E-state index contributed by atoms with van der Waals surface area (Å²) in [5, 5.41) is 2.90. The topological polar surface area (TPSA) is 127 Å². The second-order valence-corrected chi connectivity index (χ2v) is 2.86. The lowest BCUT2D eigenvalue weighted by Gasteiger charge is -2.04. The zero-order valence-electron chi connectivity index (χ0n) is 7.80. The Hall–Kier alpha value is -2.45. The smallest absolute Gasteiger partial charge is 0.301 e. The van der Waals surface area contributed by atoms with Crippen molar-refractivity contribution in [1.82, 2.24) is 19.2 Å². The molecule has 0 aliphatic rings. The minimum atomic E-state index is -0.494. The molecule has 0 amide bonds. The number of aryl methyl sites for hydroxylation is 1. The van der Waals surface area contributed by atoms with Crippen molar-refractivity contribution in [2.45, 2.75) is 0 Å². The summed E-state index contributed by atoms with van der Waals surface area (Å²) < 4.78 is 2.33. The zero-order valence-corrected chi connectivity index (χ0v) is 7.80. The average molecular weight is 208 g/mol. The molecule has 0 saturated heterocycles. The van der Waals surface area contributed by atoms with Crippen LogP contribution in [0.3, 0.4) is 0 Å². The molecule has 0 saturated carbocycles. The highest BCUT2D eigenvalue weighted by Gasteiger charge is 2.11. The molecule has 0 radical (unpaired) electrons. The fourth-order valence-electron chi connectivity index (χ4n) is 1.20. The summed E-state index contributed by atoms with van der Waals surface area (Å²) in [6.45, 7) is 0. The first-order valence-electron chi connectivity index (χ1n) is 3.96. The number of nitrogens with two attached hydrogens (primary N) is 1. The van der Waals surface area contributed by atoms with Crippen LogP contribution in [0.5, 0.6) is 0 Å². The van der Waals surface area contributed by atoms with E-state index in [4.69, 9.17) is 11.4 Å². The second kappa shape index (κ2) is 3.04. The van der Waals surface area contributed by atoms with Crippen LogP contribution in [0.1, 0.15) is 0 Å². The molecule has 0 atom stereocenters. The van der Waals surface area contributed by atoms with Crippen molar-refractivity contribution >= 4 is 17.1 Å². The van der Waals surface area contributed by atoms with Gasteiger partial charge < -0.3 is 10.4 Å². The van der Waals surface area contributed by atoms with E-state index in [9.17, 15) is 4.79 Å². The summed E-state index contributed by atoms with van der Waals surface area (Å²) in [5.41, 5.74) is 8.88. The third-order valence-electron chi connectivity index (χ3n) is 1.92. The molecule has 0 fully saturated rings. The first-order chi connectivity index (χ1) is 7.15. The minimum absolute atomic E-state index is 0.00824. The lowest BCUT2D eigenvalue weighted by Crippen LogP contribution is -2.30. The van der Waals surface area contributed by atoms with E-state index in [1.807, 2.05) is 0 Å². The molecule has 2 aromatic heterocycles. The van der Waals surface area contributed by atoms with Gasteiger partial charge in [-0.05, 0) is 0 Å². The van der Waals surface area contributed by atoms with Crippen LogP contribution in [-0.2, 0) is 7.05 Å². The summed E-state index contributed by atoms with van der Waals surface area (Å²) in [7, 11) is 1.70. The van der Waals surface area contributed by atoms with Gasteiger partial charge in [-0.2, -0.15) is 15.2 Å². The van der Waals surface area contributed by atoms with Crippen LogP contribution in [0.15, 0.2) is 16.3 Å². The number of hydrogen-bond acceptors (Lipinski definition) is 6. The predicted molar refractivity (Wildman–Crippen MR) is 51.7 cm³/mol. The SMILES string of the molecule is Cn1cnc2c(=O)n(N)c(NN=N)nc21. The molecular formula is C6H8N8O. The van der Waals surface area contributed by atoms with Gasteiger partial charge in [0.2, 0.25) is 5.95 Å². The molecule has 4 N–H and O–H groups in total. The number of anilines is 1. The van der Waals surface area contributed by atoms with Crippen LogP contribution in [0.2, 0.25) is 0 Å².